The van der Waals surface area contributed by atoms with Crippen LogP contribution in [0.15, 0.2) is 36.5 Å². The number of hydrogen-bond donors (Lipinski definition) is 1. The summed E-state index contributed by atoms with van der Waals surface area (Å²) in [5.74, 6) is 0.314. The summed E-state index contributed by atoms with van der Waals surface area (Å²) in [5.41, 5.74) is 5.59. The van der Waals surface area contributed by atoms with Gasteiger partial charge in [-0.05, 0) is 18.2 Å². The van der Waals surface area contributed by atoms with Crippen LogP contribution in [0.2, 0.25) is 0 Å². The van der Waals surface area contributed by atoms with E-state index in [9.17, 15) is 13.2 Å². The van der Waals surface area contributed by atoms with Crippen molar-refractivity contribution in [2.75, 3.05) is 5.73 Å². The zero-order valence-corrected chi connectivity index (χ0v) is 9.96. The van der Waals surface area contributed by atoms with Crippen LogP contribution in [0.5, 0.6) is 0 Å². The van der Waals surface area contributed by atoms with Gasteiger partial charge in [-0.25, -0.2) is 14.5 Å². The van der Waals surface area contributed by atoms with Crippen molar-refractivity contribution in [1.29, 1.82) is 0 Å². The topological polar surface area (TPSA) is 69.1 Å². The van der Waals surface area contributed by atoms with Gasteiger partial charge in [0.15, 0.2) is 11.3 Å². The molecular weight excluding hydrogens is 271 g/mol. The van der Waals surface area contributed by atoms with E-state index in [1.54, 1.807) is 18.2 Å². The smallest absolute Gasteiger partial charge is 0.384 e. The lowest BCUT2D eigenvalue weighted by atomic mass is 10.2. The minimum Gasteiger partial charge on any atom is -0.384 e. The number of nitrogen functional groups attached to an aromatic ring is 1. The molecule has 0 amide bonds. The second kappa shape index (κ2) is 4.19. The van der Waals surface area contributed by atoms with E-state index in [0.29, 0.717) is 17.2 Å². The molecule has 0 atom stereocenters. The molecule has 2 N–H and O–H groups in total. The van der Waals surface area contributed by atoms with Gasteiger partial charge in [0, 0.05) is 12.3 Å². The predicted octanol–water partition coefficient (Wildman–Crippen LogP) is 2.39. The lowest BCUT2D eigenvalue weighted by molar-refractivity contribution is -0.141. The Morgan fingerprint density at radius 2 is 1.80 bits per heavy atom. The first-order chi connectivity index (χ1) is 9.43. The van der Waals surface area contributed by atoms with Gasteiger partial charge >= 0.3 is 6.18 Å². The number of aromatic nitrogens is 4. The Hall–Kier alpha value is -2.64. The lowest BCUT2D eigenvalue weighted by Crippen LogP contribution is -2.05. The monoisotopic (exact) mass is 279 g/mol. The molecule has 0 saturated carbocycles. The molecular formula is C12H8F3N5. The highest BCUT2D eigenvalue weighted by Crippen LogP contribution is 2.28. The van der Waals surface area contributed by atoms with E-state index in [4.69, 9.17) is 5.73 Å². The van der Waals surface area contributed by atoms with E-state index in [2.05, 4.69) is 15.1 Å². The van der Waals surface area contributed by atoms with Crippen molar-refractivity contribution in [2.45, 2.75) is 6.18 Å². The van der Waals surface area contributed by atoms with Crippen molar-refractivity contribution in [2.24, 2.45) is 0 Å². The van der Waals surface area contributed by atoms with Crippen LogP contribution in [0.3, 0.4) is 0 Å². The van der Waals surface area contributed by atoms with Crippen LogP contribution in [0.4, 0.5) is 19.0 Å². The highest BCUT2D eigenvalue weighted by molar-refractivity contribution is 5.59. The highest BCUT2D eigenvalue weighted by atomic mass is 19.4. The molecule has 102 valence electrons. The molecule has 0 spiro atoms. The number of rotatable bonds is 1. The summed E-state index contributed by atoms with van der Waals surface area (Å²) in [6, 6.07) is 7.40. The standard InChI is InChI=1S/C12H8F3N5/c13-12(14,15)9-6-11-18-8(4-5-20(11)19-9)7-2-1-3-10(16)17-7/h1-6H,(H2,16,17). The number of hydrogen-bond acceptors (Lipinski definition) is 4. The quantitative estimate of drug-likeness (QED) is 0.742. The van der Waals surface area contributed by atoms with Crippen molar-refractivity contribution in [3.05, 3.63) is 42.2 Å². The molecule has 0 bridgehead atoms. The molecule has 3 aromatic heterocycles. The van der Waals surface area contributed by atoms with Gasteiger partial charge in [-0.3, -0.25) is 0 Å². The predicted molar refractivity (Wildman–Crippen MR) is 65.6 cm³/mol. The van der Waals surface area contributed by atoms with Gasteiger partial charge in [0.2, 0.25) is 0 Å². The third-order valence-corrected chi connectivity index (χ3v) is 2.65. The Labute approximate surface area is 110 Å². The van der Waals surface area contributed by atoms with E-state index in [1.165, 1.54) is 12.3 Å². The van der Waals surface area contributed by atoms with Crippen molar-refractivity contribution in [3.63, 3.8) is 0 Å². The molecule has 0 aliphatic heterocycles. The van der Waals surface area contributed by atoms with Crippen molar-refractivity contribution < 1.29 is 13.2 Å². The van der Waals surface area contributed by atoms with Gasteiger partial charge < -0.3 is 5.73 Å². The summed E-state index contributed by atoms with van der Waals surface area (Å²) in [6.07, 6.45) is -3.10. The average molecular weight is 279 g/mol. The largest absolute Gasteiger partial charge is 0.435 e. The SMILES string of the molecule is Nc1cccc(-c2ccn3nc(C(F)(F)F)cc3n2)n1. The zero-order chi connectivity index (χ0) is 14.3. The molecule has 0 fully saturated rings. The fraction of sp³-hybridized carbons (Fsp3) is 0.0833. The van der Waals surface area contributed by atoms with Crippen LogP contribution >= 0.6 is 0 Å². The second-order valence-corrected chi connectivity index (χ2v) is 4.09. The number of pyridine rings is 1. The third kappa shape index (κ3) is 2.15. The van der Waals surface area contributed by atoms with Gasteiger partial charge in [-0.1, -0.05) is 6.07 Å². The summed E-state index contributed by atoms with van der Waals surface area (Å²) in [6.45, 7) is 0. The molecule has 0 aliphatic rings. The minimum atomic E-state index is -4.50. The van der Waals surface area contributed by atoms with Crippen molar-refractivity contribution in [3.8, 4) is 11.4 Å². The molecule has 0 unspecified atom stereocenters. The Bertz CT molecular complexity index is 778. The fourth-order valence-electron chi connectivity index (χ4n) is 1.75. The van der Waals surface area contributed by atoms with Crippen LogP contribution in [0, 0.1) is 0 Å². The molecule has 0 radical (unpaired) electrons. The molecule has 20 heavy (non-hydrogen) atoms. The summed E-state index contributed by atoms with van der Waals surface area (Å²) in [7, 11) is 0. The van der Waals surface area contributed by atoms with Gasteiger partial charge in [0.25, 0.3) is 0 Å². The number of fused-ring (bicyclic) bond motifs is 1. The Morgan fingerprint density at radius 3 is 2.50 bits per heavy atom. The molecule has 8 heteroatoms. The number of nitrogens with two attached hydrogens (primary N) is 1. The lowest BCUT2D eigenvalue weighted by Gasteiger charge is -2.01. The molecule has 3 aromatic rings. The molecule has 0 aliphatic carbocycles. The van der Waals surface area contributed by atoms with Crippen LogP contribution in [0.25, 0.3) is 17.0 Å². The van der Waals surface area contributed by atoms with E-state index >= 15 is 0 Å². The minimum absolute atomic E-state index is 0.0963. The molecule has 3 heterocycles. The van der Waals surface area contributed by atoms with Crippen LogP contribution in [-0.4, -0.2) is 19.6 Å². The maximum absolute atomic E-state index is 12.6. The Morgan fingerprint density at radius 1 is 1.05 bits per heavy atom. The van der Waals surface area contributed by atoms with Crippen LogP contribution in [-0.2, 0) is 6.18 Å². The Balaban J connectivity index is 2.11. The summed E-state index contributed by atoms with van der Waals surface area (Å²) in [5, 5.41) is 3.42. The third-order valence-electron chi connectivity index (χ3n) is 2.65. The number of alkyl halides is 3. The normalized spacial score (nSPS) is 11.9. The number of nitrogens with zero attached hydrogens (tertiary/aromatic N) is 4. The van der Waals surface area contributed by atoms with E-state index in [0.717, 1.165) is 10.6 Å². The highest BCUT2D eigenvalue weighted by Gasteiger charge is 2.34. The second-order valence-electron chi connectivity index (χ2n) is 4.09. The first kappa shape index (κ1) is 12.4. The van der Waals surface area contributed by atoms with Gasteiger partial charge in [-0.2, -0.15) is 18.3 Å². The zero-order valence-electron chi connectivity index (χ0n) is 9.96. The number of halogens is 3. The van der Waals surface area contributed by atoms with Crippen LogP contribution < -0.4 is 5.73 Å². The number of anilines is 1. The van der Waals surface area contributed by atoms with Gasteiger partial charge in [0.05, 0.1) is 11.4 Å². The van der Waals surface area contributed by atoms with Gasteiger partial charge in [-0.15, -0.1) is 0 Å². The summed E-state index contributed by atoms with van der Waals surface area (Å²) < 4.78 is 38.8. The Kier molecular flexibility index (Phi) is 2.60. The van der Waals surface area contributed by atoms with Crippen LogP contribution in [0.1, 0.15) is 5.69 Å². The van der Waals surface area contributed by atoms with E-state index in [-0.39, 0.29) is 5.65 Å². The molecule has 5 nitrogen and oxygen atoms in total. The maximum atomic E-state index is 12.6. The summed E-state index contributed by atoms with van der Waals surface area (Å²) in [4.78, 5) is 8.17. The van der Waals surface area contributed by atoms with Crippen molar-refractivity contribution >= 4 is 11.5 Å². The molecule has 0 saturated heterocycles. The summed E-state index contributed by atoms with van der Waals surface area (Å²) >= 11 is 0. The average Bonchev–Trinajstić information content (AvgIpc) is 2.81. The molecule has 3 rings (SSSR count). The first-order valence-corrected chi connectivity index (χ1v) is 5.60. The maximum Gasteiger partial charge on any atom is 0.435 e. The van der Waals surface area contributed by atoms with E-state index in [1.807, 2.05) is 0 Å². The fourth-order valence-corrected chi connectivity index (χ4v) is 1.75. The first-order valence-electron chi connectivity index (χ1n) is 5.60. The molecule has 0 aromatic carbocycles. The van der Waals surface area contributed by atoms with Crippen molar-refractivity contribution in [1.82, 2.24) is 19.6 Å². The van der Waals surface area contributed by atoms with Gasteiger partial charge in [0.1, 0.15) is 5.82 Å². The van der Waals surface area contributed by atoms with E-state index < -0.39 is 11.9 Å².